The predicted octanol–water partition coefficient (Wildman–Crippen LogP) is 3.00. The van der Waals surface area contributed by atoms with Crippen molar-refractivity contribution in [2.75, 3.05) is 7.11 Å². The van der Waals surface area contributed by atoms with Crippen molar-refractivity contribution in [1.29, 1.82) is 5.26 Å². The summed E-state index contributed by atoms with van der Waals surface area (Å²) in [5.74, 6) is 0.545. The molecule has 1 unspecified atom stereocenters. The smallest absolute Gasteiger partial charge is 0.138 e. The van der Waals surface area contributed by atoms with Gasteiger partial charge in [0, 0.05) is 17.6 Å². The number of methoxy groups -OCH3 is 1. The van der Waals surface area contributed by atoms with E-state index in [2.05, 4.69) is 11.4 Å². The van der Waals surface area contributed by atoms with Crippen LogP contribution in [-0.2, 0) is 6.54 Å². The van der Waals surface area contributed by atoms with Crippen LogP contribution in [-0.4, -0.2) is 13.2 Å². The van der Waals surface area contributed by atoms with Crippen molar-refractivity contribution in [3.63, 3.8) is 0 Å². The molecule has 1 aromatic carbocycles. The van der Waals surface area contributed by atoms with Crippen molar-refractivity contribution in [3.8, 4) is 11.8 Å². The fourth-order valence-corrected chi connectivity index (χ4v) is 1.65. The van der Waals surface area contributed by atoms with Crippen LogP contribution in [0, 0.1) is 11.3 Å². The van der Waals surface area contributed by atoms with Crippen LogP contribution in [0.1, 0.15) is 12.5 Å². The quantitative estimate of drug-likeness (QED) is 0.903. The SMILES string of the molecule is COc1cc(Cl)c(CNC(C)C#N)cc1Cl. The maximum Gasteiger partial charge on any atom is 0.138 e. The lowest BCUT2D eigenvalue weighted by atomic mass is 10.2. The predicted molar refractivity (Wildman–Crippen MR) is 64.9 cm³/mol. The summed E-state index contributed by atoms with van der Waals surface area (Å²) >= 11 is 12.0. The number of hydrogen-bond acceptors (Lipinski definition) is 3. The van der Waals surface area contributed by atoms with Gasteiger partial charge in [0.15, 0.2) is 0 Å². The number of nitrogens with zero attached hydrogens (tertiary/aromatic N) is 1. The van der Waals surface area contributed by atoms with E-state index >= 15 is 0 Å². The van der Waals surface area contributed by atoms with Gasteiger partial charge in [-0.05, 0) is 18.6 Å². The molecule has 1 atom stereocenters. The van der Waals surface area contributed by atoms with Gasteiger partial charge in [0.05, 0.1) is 24.2 Å². The van der Waals surface area contributed by atoms with E-state index in [0.29, 0.717) is 22.3 Å². The zero-order chi connectivity index (χ0) is 12.1. The first-order chi connectivity index (χ1) is 7.58. The summed E-state index contributed by atoms with van der Waals surface area (Å²) in [7, 11) is 1.53. The van der Waals surface area contributed by atoms with Gasteiger partial charge >= 0.3 is 0 Å². The molecule has 0 aliphatic heterocycles. The van der Waals surface area contributed by atoms with E-state index in [1.807, 2.05) is 0 Å². The van der Waals surface area contributed by atoms with Gasteiger partial charge in [-0.2, -0.15) is 5.26 Å². The first-order valence-electron chi connectivity index (χ1n) is 4.73. The van der Waals surface area contributed by atoms with Crippen molar-refractivity contribution in [1.82, 2.24) is 5.32 Å². The maximum absolute atomic E-state index is 8.63. The third kappa shape index (κ3) is 3.28. The van der Waals surface area contributed by atoms with Crippen LogP contribution in [0.4, 0.5) is 0 Å². The monoisotopic (exact) mass is 258 g/mol. The van der Waals surface area contributed by atoms with Crippen LogP contribution in [0.3, 0.4) is 0 Å². The molecule has 0 aromatic heterocycles. The Kier molecular flexibility index (Phi) is 4.88. The summed E-state index contributed by atoms with van der Waals surface area (Å²) in [5, 5.41) is 12.7. The van der Waals surface area contributed by atoms with Gasteiger partial charge in [-0.1, -0.05) is 23.2 Å². The maximum atomic E-state index is 8.63. The Balaban J connectivity index is 2.82. The summed E-state index contributed by atoms with van der Waals surface area (Å²) in [6.45, 7) is 2.27. The Morgan fingerprint density at radius 3 is 2.69 bits per heavy atom. The van der Waals surface area contributed by atoms with Gasteiger partial charge in [-0.15, -0.1) is 0 Å². The number of benzene rings is 1. The number of halogens is 2. The molecule has 0 aliphatic carbocycles. The minimum Gasteiger partial charge on any atom is -0.495 e. The summed E-state index contributed by atoms with van der Waals surface area (Å²) in [5.41, 5.74) is 0.842. The summed E-state index contributed by atoms with van der Waals surface area (Å²) < 4.78 is 5.04. The van der Waals surface area contributed by atoms with Crippen molar-refractivity contribution >= 4 is 23.2 Å². The second-order valence-corrected chi connectivity index (χ2v) is 4.12. The van der Waals surface area contributed by atoms with Gasteiger partial charge in [-0.25, -0.2) is 0 Å². The molecule has 3 nitrogen and oxygen atoms in total. The first kappa shape index (κ1) is 13.1. The summed E-state index contributed by atoms with van der Waals surface area (Å²) in [6.07, 6.45) is 0. The fraction of sp³-hybridized carbons (Fsp3) is 0.364. The highest BCUT2D eigenvalue weighted by Gasteiger charge is 2.08. The molecule has 1 rings (SSSR count). The molecular formula is C11H12Cl2N2O. The Hall–Kier alpha value is -0.950. The average Bonchev–Trinajstić information content (AvgIpc) is 2.29. The minimum atomic E-state index is -0.225. The third-order valence-corrected chi connectivity index (χ3v) is 2.76. The lowest BCUT2D eigenvalue weighted by molar-refractivity contribution is 0.415. The molecule has 0 saturated heterocycles. The highest BCUT2D eigenvalue weighted by Crippen LogP contribution is 2.30. The van der Waals surface area contributed by atoms with Gasteiger partial charge in [0.25, 0.3) is 0 Å². The molecule has 1 aromatic rings. The van der Waals surface area contributed by atoms with Crippen LogP contribution in [0.15, 0.2) is 12.1 Å². The number of ether oxygens (including phenoxy) is 1. The summed E-state index contributed by atoms with van der Waals surface area (Å²) in [4.78, 5) is 0. The normalized spacial score (nSPS) is 11.9. The molecule has 0 fully saturated rings. The van der Waals surface area contributed by atoms with Crippen molar-refractivity contribution in [3.05, 3.63) is 27.7 Å². The standard InChI is InChI=1S/C11H12Cl2N2O/c1-7(5-14)15-6-8-3-10(13)11(16-2)4-9(8)12/h3-4,7,15H,6H2,1-2H3. The zero-order valence-corrected chi connectivity index (χ0v) is 10.6. The van der Waals surface area contributed by atoms with Crippen LogP contribution in [0.5, 0.6) is 5.75 Å². The number of hydrogen-bond donors (Lipinski definition) is 1. The third-order valence-electron chi connectivity index (χ3n) is 2.11. The topological polar surface area (TPSA) is 45.0 Å². The fourth-order valence-electron chi connectivity index (χ4n) is 1.17. The second kappa shape index (κ2) is 5.95. The first-order valence-corrected chi connectivity index (χ1v) is 5.49. The number of nitriles is 1. The molecule has 0 heterocycles. The van der Waals surface area contributed by atoms with Gasteiger partial charge in [0.2, 0.25) is 0 Å². The zero-order valence-electron chi connectivity index (χ0n) is 9.05. The van der Waals surface area contributed by atoms with E-state index in [1.54, 1.807) is 19.1 Å². The van der Waals surface area contributed by atoms with Crippen LogP contribution < -0.4 is 10.1 Å². The average molecular weight is 259 g/mol. The molecule has 16 heavy (non-hydrogen) atoms. The minimum absolute atomic E-state index is 0.225. The van der Waals surface area contributed by atoms with E-state index in [-0.39, 0.29) is 6.04 Å². The molecule has 0 bridgehead atoms. The highest BCUT2D eigenvalue weighted by molar-refractivity contribution is 6.34. The Bertz CT molecular complexity index is 415. The van der Waals surface area contributed by atoms with Crippen LogP contribution >= 0.6 is 23.2 Å². The Labute approximate surface area is 105 Å². The highest BCUT2D eigenvalue weighted by atomic mass is 35.5. The van der Waals surface area contributed by atoms with E-state index in [9.17, 15) is 0 Å². The van der Waals surface area contributed by atoms with Gasteiger partial charge < -0.3 is 4.74 Å². The van der Waals surface area contributed by atoms with Crippen LogP contribution in [0.2, 0.25) is 10.0 Å². The van der Waals surface area contributed by atoms with Gasteiger partial charge in [-0.3, -0.25) is 5.32 Å². The second-order valence-electron chi connectivity index (χ2n) is 3.31. The lowest BCUT2D eigenvalue weighted by Crippen LogP contribution is -2.23. The van der Waals surface area contributed by atoms with Crippen molar-refractivity contribution in [2.45, 2.75) is 19.5 Å². The van der Waals surface area contributed by atoms with E-state index < -0.39 is 0 Å². The van der Waals surface area contributed by atoms with E-state index in [4.69, 9.17) is 33.2 Å². The largest absolute Gasteiger partial charge is 0.495 e. The molecule has 0 aliphatic rings. The molecule has 1 N–H and O–H groups in total. The molecule has 0 saturated carbocycles. The number of rotatable bonds is 4. The van der Waals surface area contributed by atoms with Crippen LogP contribution in [0.25, 0.3) is 0 Å². The Morgan fingerprint density at radius 2 is 2.12 bits per heavy atom. The van der Waals surface area contributed by atoms with Crippen molar-refractivity contribution in [2.24, 2.45) is 0 Å². The lowest BCUT2D eigenvalue weighted by Gasteiger charge is -2.10. The molecule has 86 valence electrons. The Morgan fingerprint density at radius 1 is 1.44 bits per heavy atom. The molecular weight excluding hydrogens is 247 g/mol. The van der Waals surface area contributed by atoms with E-state index in [0.717, 1.165) is 5.56 Å². The number of nitrogens with one attached hydrogen (secondary N) is 1. The van der Waals surface area contributed by atoms with E-state index in [1.165, 1.54) is 7.11 Å². The van der Waals surface area contributed by atoms with Crippen molar-refractivity contribution < 1.29 is 4.74 Å². The molecule has 0 radical (unpaired) electrons. The van der Waals surface area contributed by atoms with Gasteiger partial charge in [0.1, 0.15) is 5.75 Å². The molecule has 0 amide bonds. The molecule has 0 spiro atoms. The summed E-state index contributed by atoms with van der Waals surface area (Å²) in [6, 6.07) is 5.26. The molecule has 5 heteroatoms.